The predicted molar refractivity (Wildman–Crippen MR) is 32.2 cm³/mol. The predicted octanol–water partition coefficient (Wildman–Crippen LogP) is -0.653. The molecule has 0 aliphatic heterocycles. The van der Waals surface area contributed by atoms with Gasteiger partial charge in [0.05, 0.1) is 0 Å². The van der Waals surface area contributed by atoms with Crippen molar-refractivity contribution in [1.82, 2.24) is 0 Å². The van der Waals surface area contributed by atoms with E-state index < -0.39 is 6.16 Å². The summed E-state index contributed by atoms with van der Waals surface area (Å²) in [6.45, 7) is 0. The maximum atomic E-state index is 8.56. The Kier molecular flexibility index (Phi) is 54.2. The third kappa shape index (κ3) is 142. The number of hydrogen-bond donors (Lipinski definition) is 2. The van der Waals surface area contributed by atoms with Gasteiger partial charge in [-0.2, -0.15) is 0 Å². The van der Waals surface area contributed by atoms with Crippen LogP contribution >= 0.6 is 12.4 Å². The third-order valence-corrected chi connectivity index (χ3v) is 0. The molecule has 0 saturated carbocycles. The van der Waals surface area contributed by atoms with E-state index in [-0.39, 0.29) is 60.8 Å². The van der Waals surface area contributed by atoms with E-state index in [0.29, 0.717) is 0 Å². The van der Waals surface area contributed by atoms with E-state index in [1.54, 1.807) is 0 Å². The Bertz CT molecular complexity index is 37.9. The molecule has 0 amide bonds. The maximum absolute atomic E-state index is 8.56. The van der Waals surface area contributed by atoms with Gasteiger partial charge >= 0.3 is 54.6 Å². The fourth-order valence-corrected chi connectivity index (χ4v) is 0. The summed E-state index contributed by atoms with van der Waals surface area (Å²) in [7, 11) is 0. The molecule has 0 unspecified atom stereocenters. The molecule has 0 heterocycles. The van der Waals surface area contributed by atoms with Gasteiger partial charge in [-0.15, -0.1) is 12.4 Å². The second kappa shape index (κ2) is 15.7. The first-order valence-electron chi connectivity index (χ1n) is 0.651. The first kappa shape index (κ1) is 24.2. The molecule has 0 aliphatic carbocycles. The van der Waals surface area contributed by atoms with Gasteiger partial charge in [-0.05, 0) is 0 Å². The molecule has 0 saturated heterocycles. The first-order chi connectivity index (χ1) is 1.73. The van der Waals surface area contributed by atoms with Crippen molar-refractivity contribution in [3.8, 4) is 0 Å². The molecule has 0 bridgehead atoms. The SMILES string of the molecule is Cl.O=C(O)O.[LiH].[NaH]. The molecule has 0 aliphatic rings. The number of carbonyl (C=O) groups is 1. The van der Waals surface area contributed by atoms with Gasteiger partial charge in [-0.1, -0.05) is 0 Å². The minimum absolute atomic E-state index is 0. The van der Waals surface area contributed by atoms with E-state index in [9.17, 15) is 0 Å². The van der Waals surface area contributed by atoms with Gasteiger partial charge in [-0.3, -0.25) is 0 Å². The van der Waals surface area contributed by atoms with Crippen LogP contribution in [0.5, 0.6) is 0 Å². The Morgan fingerprint density at radius 1 is 1.29 bits per heavy atom. The molecule has 2 N–H and O–H groups in total. The van der Waals surface area contributed by atoms with Crippen molar-refractivity contribution in [3.63, 3.8) is 0 Å². The average Bonchev–Trinajstić information content (AvgIpc) is 0.811. The average molecular weight is 130 g/mol. The van der Waals surface area contributed by atoms with Crippen LogP contribution < -0.4 is 0 Å². The summed E-state index contributed by atoms with van der Waals surface area (Å²) < 4.78 is 0. The van der Waals surface area contributed by atoms with Gasteiger partial charge in [-0.25, -0.2) is 4.79 Å². The van der Waals surface area contributed by atoms with E-state index in [1.165, 1.54) is 0 Å². The van der Waals surface area contributed by atoms with Crippen molar-refractivity contribution in [2.45, 2.75) is 0 Å². The fraction of sp³-hybridized carbons (Fsp3) is 0. The van der Waals surface area contributed by atoms with E-state index in [4.69, 9.17) is 15.0 Å². The summed E-state index contributed by atoms with van der Waals surface area (Å²) in [5.41, 5.74) is 0. The first-order valence-corrected chi connectivity index (χ1v) is 0.651. The van der Waals surface area contributed by atoms with Crippen LogP contribution in [0, 0.1) is 0 Å². The van der Waals surface area contributed by atoms with Gasteiger partial charge in [0.25, 0.3) is 0 Å². The topological polar surface area (TPSA) is 57.5 Å². The van der Waals surface area contributed by atoms with E-state index >= 15 is 0 Å². The Hall–Kier alpha value is 1.16. The Labute approximate surface area is 81.4 Å². The Balaban J connectivity index is -0.0000000150. The quantitative estimate of drug-likeness (QED) is 0.428. The van der Waals surface area contributed by atoms with Crippen molar-refractivity contribution in [2.75, 3.05) is 0 Å². The Morgan fingerprint density at radius 2 is 1.29 bits per heavy atom. The van der Waals surface area contributed by atoms with Gasteiger partial charge in [0, 0.05) is 0 Å². The van der Waals surface area contributed by atoms with Gasteiger partial charge < -0.3 is 10.2 Å². The van der Waals surface area contributed by atoms with Crippen LogP contribution in [0.25, 0.3) is 0 Å². The van der Waals surface area contributed by atoms with Gasteiger partial charge in [0.15, 0.2) is 0 Å². The molecule has 6 heteroatoms. The molecule has 0 aromatic rings. The summed E-state index contributed by atoms with van der Waals surface area (Å²) in [6.07, 6.45) is -1.83. The third-order valence-electron chi connectivity index (χ3n) is 0. The van der Waals surface area contributed by atoms with E-state index in [2.05, 4.69) is 0 Å². The molecule has 0 fully saturated rings. The van der Waals surface area contributed by atoms with Crippen LogP contribution in [-0.2, 0) is 0 Å². The summed E-state index contributed by atoms with van der Waals surface area (Å²) in [4.78, 5) is 8.56. The van der Waals surface area contributed by atoms with Crippen LogP contribution in [0.4, 0.5) is 4.79 Å². The fourth-order valence-electron chi connectivity index (χ4n) is 0. The molecule has 0 atom stereocenters. The van der Waals surface area contributed by atoms with E-state index in [1.807, 2.05) is 0 Å². The van der Waals surface area contributed by atoms with Crippen molar-refractivity contribution >= 4 is 67.0 Å². The van der Waals surface area contributed by atoms with Crippen LogP contribution in [0.15, 0.2) is 0 Å². The molecule has 0 aromatic carbocycles. The van der Waals surface area contributed by atoms with Crippen LogP contribution in [0.3, 0.4) is 0 Å². The standard InChI is InChI=1S/CH2O3.ClH.Li.Na.2H/c2-1(3)4;;;;;/h(H2,2,3,4);1H;;;;. The molecular formula is CH5ClLiNaO3. The van der Waals surface area contributed by atoms with Crippen molar-refractivity contribution < 1.29 is 15.0 Å². The van der Waals surface area contributed by atoms with Crippen molar-refractivity contribution in [3.05, 3.63) is 0 Å². The van der Waals surface area contributed by atoms with Crippen LogP contribution in [-0.4, -0.2) is 64.8 Å². The number of rotatable bonds is 0. The van der Waals surface area contributed by atoms with Crippen LogP contribution in [0.2, 0.25) is 0 Å². The number of carboxylic acid groups (broad SMARTS) is 2. The van der Waals surface area contributed by atoms with Gasteiger partial charge in [0.2, 0.25) is 0 Å². The van der Waals surface area contributed by atoms with Crippen LogP contribution in [0.1, 0.15) is 0 Å². The molecule has 7 heavy (non-hydrogen) atoms. The summed E-state index contributed by atoms with van der Waals surface area (Å²) in [5.74, 6) is 0. The molecule has 0 aromatic heterocycles. The molecular weight excluding hydrogens is 125 g/mol. The molecule has 0 spiro atoms. The minimum atomic E-state index is -1.83. The zero-order valence-corrected chi connectivity index (χ0v) is 3.03. The van der Waals surface area contributed by atoms with E-state index in [0.717, 1.165) is 0 Å². The number of halogens is 1. The second-order valence-electron chi connectivity index (χ2n) is 0.283. The van der Waals surface area contributed by atoms with Crippen molar-refractivity contribution in [2.24, 2.45) is 0 Å². The summed E-state index contributed by atoms with van der Waals surface area (Å²) >= 11 is 0. The van der Waals surface area contributed by atoms with Gasteiger partial charge in [0.1, 0.15) is 0 Å². The molecule has 36 valence electrons. The summed E-state index contributed by atoms with van der Waals surface area (Å²) in [5, 5.41) is 13.9. The monoisotopic (exact) mass is 130 g/mol. The van der Waals surface area contributed by atoms with Crippen molar-refractivity contribution in [1.29, 1.82) is 0 Å². The normalized spacial score (nSPS) is 3.43. The zero-order valence-electron chi connectivity index (χ0n) is 2.21. The zero-order chi connectivity index (χ0) is 3.58. The number of hydrogen-bond acceptors (Lipinski definition) is 1. The molecule has 0 radical (unpaired) electrons. The Morgan fingerprint density at radius 3 is 1.29 bits per heavy atom. The molecule has 3 nitrogen and oxygen atoms in total. The molecule has 0 rings (SSSR count). The second-order valence-corrected chi connectivity index (χ2v) is 0.283. The summed E-state index contributed by atoms with van der Waals surface area (Å²) in [6, 6.07) is 0.